The number of H-pyrrole nitrogens is 1. The smallest absolute Gasteiger partial charge is 0.272 e. The van der Waals surface area contributed by atoms with E-state index in [2.05, 4.69) is 20.9 Å². The number of para-hydroxylation sites is 2. The number of thioether (sulfide) groups is 1. The van der Waals surface area contributed by atoms with E-state index in [4.69, 9.17) is 4.74 Å². The van der Waals surface area contributed by atoms with Crippen LogP contribution < -0.4 is 20.7 Å². The van der Waals surface area contributed by atoms with Crippen LogP contribution >= 0.6 is 11.8 Å². The van der Waals surface area contributed by atoms with Crippen molar-refractivity contribution in [3.8, 4) is 11.5 Å². The molecule has 0 saturated heterocycles. The molecule has 0 unspecified atom stereocenters. The lowest BCUT2D eigenvalue weighted by molar-refractivity contribution is -0.114. The van der Waals surface area contributed by atoms with Crippen molar-refractivity contribution < 1.29 is 19.1 Å². The normalized spacial score (nSPS) is 11.1. The van der Waals surface area contributed by atoms with Gasteiger partial charge in [-0.1, -0.05) is 54.6 Å². The topological polar surface area (TPSA) is 112 Å². The molecule has 0 saturated carbocycles. The molecule has 232 valence electrons. The highest BCUT2D eigenvalue weighted by atomic mass is 32.2. The van der Waals surface area contributed by atoms with Crippen molar-refractivity contribution >= 4 is 57.8 Å². The third kappa shape index (κ3) is 8.36. The van der Waals surface area contributed by atoms with Gasteiger partial charge in [-0.25, -0.2) is 0 Å². The number of amides is 3. The fourth-order valence-electron chi connectivity index (χ4n) is 4.72. The molecule has 0 bridgehead atoms. The molecule has 0 radical (unpaired) electrons. The van der Waals surface area contributed by atoms with Crippen LogP contribution in [0.1, 0.15) is 15.9 Å². The highest BCUT2D eigenvalue weighted by molar-refractivity contribution is 8.00. The number of hydrogen-bond donors (Lipinski definition) is 4. The van der Waals surface area contributed by atoms with E-state index in [-0.39, 0.29) is 17.4 Å². The van der Waals surface area contributed by atoms with Gasteiger partial charge in [0.05, 0.1) is 5.75 Å². The summed E-state index contributed by atoms with van der Waals surface area (Å²) in [7, 11) is 0. The second-order valence-electron chi connectivity index (χ2n) is 10.4. The van der Waals surface area contributed by atoms with Crippen molar-refractivity contribution in [3.05, 3.63) is 156 Å². The minimum Gasteiger partial charge on any atom is -0.457 e. The lowest BCUT2D eigenvalue weighted by atomic mass is 10.1. The standard InChI is InChI=1S/C38H30N4O4S/c43-36(40-28-15-19-31(20-16-28)46-30-11-5-2-6-12-30)25-47-32-21-17-29(18-22-32)41-38(45)35(42-37(44)26-9-3-1-4-10-26)23-27-24-39-34-14-8-7-13-33(27)34/h1-24,39H,25H2,(H,40,43)(H,41,45)(H,42,44)/b35-23+. The van der Waals surface area contributed by atoms with Gasteiger partial charge in [0.15, 0.2) is 0 Å². The number of aromatic amines is 1. The number of nitrogens with one attached hydrogen (secondary N) is 4. The van der Waals surface area contributed by atoms with E-state index in [1.54, 1.807) is 72.9 Å². The van der Waals surface area contributed by atoms with Gasteiger partial charge in [0.2, 0.25) is 5.91 Å². The van der Waals surface area contributed by atoms with E-state index in [0.717, 1.165) is 27.1 Å². The summed E-state index contributed by atoms with van der Waals surface area (Å²) in [6, 6.07) is 40.3. The Bertz CT molecular complexity index is 2020. The van der Waals surface area contributed by atoms with Gasteiger partial charge in [0, 0.05) is 44.5 Å². The Kier molecular flexibility index (Phi) is 9.75. The van der Waals surface area contributed by atoms with E-state index < -0.39 is 11.8 Å². The number of benzene rings is 5. The van der Waals surface area contributed by atoms with Crippen LogP contribution in [0.4, 0.5) is 11.4 Å². The van der Waals surface area contributed by atoms with Crippen LogP contribution in [0, 0.1) is 0 Å². The van der Waals surface area contributed by atoms with Gasteiger partial charge in [-0.05, 0) is 84.9 Å². The molecule has 0 spiro atoms. The summed E-state index contributed by atoms with van der Waals surface area (Å²) in [5.74, 6) is 0.605. The fourth-order valence-corrected chi connectivity index (χ4v) is 5.42. The van der Waals surface area contributed by atoms with Crippen LogP contribution in [0.25, 0.3) is 17.0 Å². The van der Waals surface area contributed by atoms with E-state index >= 15 is 0 Å². The largest absolute Gasteiger partial charge is 0.457 e. The first-order valence-corrected chi connectivity index (χ1v) is 15.8. The molecule has 9 heteroatoms. The lowest BCUT2D eigenvalue weighted by Crippen LogP contribution is -2.30. The quantitative estimate of drug-likeness (QED) is 0.0846. The summed E-state index contributed by atoms with van der Waals surface area (Å²) in [4.78, 5) is 43.1. The molecule has 0 aliphatic carbocycles. The number of rotatable bonds is 11. The number of fused-ring (bicyclic) bond motifs is 1. The third-order valence-electron chi connectivity index (χ3n) is 7.05. The Morgan fingerprint density at radius 3 is 2.04 bits per heavy atom. The van der Waals surface area contributed by atoms with Crippen LogP contribution in [-0.4, -0.2) is 28.5 Å². The zero-order valence-corrected chi connectivity index (χ0v) is 25.9. The minimum absolute atomic E-state index is 0.0957. The van der Waals surface area contributed by atoms with Crippen LogP contribution in [0.5, 0.6) is 11.5 Å². The van der Waals surface area contributed by atoms with Crippen molar-refractivity contribution in [1.82, 2.24) is 10.3 Å². The van der Waals surface area contributed by atoms with Crippen molar-refractivity contribution in [2.24, 2.45) is 0 Å². The average molecular weight is 639 g/mol. The summed E-state index contributed by atoms with van der Waals surface area (Å²) in [5, 5.41) is 9.46. The highest BCUT2D eigenvalue weighted by Crippen LogP contribution is 2.25. The van der Waals surface area contributed by atoms with Crippen LogP contribution in [0.15, 0.2) is 150 Å². The van der Waals surface area contributed by atoms with E-state index in [9.17, 15) is 14.4 Å². The molecular weight excluding hydrogens is 609 g/mol. The monoisotopic (exact) mass is 638 g/mol. The van der Waals surface area contributed by atoms with E-state index in [1.807, 2.05) is 72.8 Å². The van der Waals surface area contributed by atoms with Crippen LogP contribution in [0.2, 0.25) is 0 Å². The molecule has 0 aliphatic heterocycles. The van der Waals surface area contributed by atoms with Gasteiger partial charge in [-0.3, -0.25) is 14.4 Å². The minimum atomic E-state index is -0.473. The number of hydrogen-bond acceptors (Lipinski definition) is 5. The zero-order chi connectivity index (χ0) is 32.4. The van der Waals surface area contributed by atoms with Crippen molar-refractivity contribution in [2.45, 2.75) is 4.90 Å². The van der Waals surface area contributed by atoms with Gasteiger partial charge in [0.25, 0.3) is 11.8 Å². The predicted molar refractivity (Wildman–Crippen MR) is 188 cm³/mol. The number of aromatic nitrogens is 1. The summed E-state index contributed by atoms with van der Waals surface area (Å²) in [6.07, 6.45) is 3.45. The van der Waals surface area contributed by atoms with Gasteiger partial charge in [-0.2, -0.15) is 0 Å². The highest BCUT2D eigenvalue weighted by Gasteiger charge is 2.16. The predicted octanol–water partition coefficient (Wildman–Crippen LogP) is 8.10. The molecule has 6 rings (SSSR count). The molecule has 0 atom stereocenters. The number of ether oxygens (including phenoxy) is 1. The summed E-state index contributed by atoms with van der Waals surface area (Å²) < 4.78 is 5.80. The maximum atomic E-state index is 13.5. The van der Waals surface area contributed by atoms with Crippen molar-refractivity contribution in [3.63, 3.8) is 0 Å². The maximum Gasteiger partial charge on any atom is 0.272 e. The first-order chi connectivity index (χ1) is 23.0. The fraction of sp³-hybridized carbons (Fsp3) is 0.0263. The molecule has 6 aromatic rings. The second kappa shape index (κ2) is 14.8. The number of carbonyl (C=O) groups is 3. The van der Waals surface area contributed by atoms with E-state index in [1.165, 1.54) is 11.8 Å². The molecule has 3 amide bonds. The Hall–Kier alpha value is -6.06. The Balaban J connectivity index is 1.06. The molecule has 8 nitrogen and oxygen atoms in total. The Morgan fingerprint density at radius 2 is 1.30 bits per heavy atom. The van der Waals surface area contributed by atoms with Gasteiger partial charge in [-0.15, -0.1) is 11.8 Å². The lowest BCUT2D eigenvalue weighted by Gasteiger charge is -2.12. The van der Waals surface area contributed by atoms with Crippen LogP contribution in [-0.2, 0) is 9.59 Å². The molecule has 0 fully saturated rings. The number of carbonyl (C=O) groups excluding carboxylic acids is 3. The van der Waals surface area contributed by atoms with E-state index in [0.29, 0.717) is 22.7 Å². The SMILES string of the molecule is O=C(CSc1ccc(NC(=O)/C(=C\c2c[nH]c3ccccc23)NC(=O)c2ccccc2)cc1)Nc1ccc(Oc2ccccc2)cc1. The average Bonchev–Trinajstić information content (AvgIpc) is 3.52. The van der Waals surface area contributed by atoms with Gasteiger partial charge >= 0.3 is 0 Å². The summed E-state index contributed by atoms with van der Waals surface area (Å²) in [6.45, 7) is 0. The molecule has 0 aliphatic rings. The Labute approximate surface area is 275 Å². The molecule has 1 heterocycles. The molecule has 5 aromatic carbocycles. The molecule has 47 heavy (non-hydrogen) atoms. The first kappa shape index (κ1) is 30.9. The van der Waals surface area contributed by atoms with Gasteiger partial charge in [0.1, 0.15) is 17.2 Å². The summed E-state index contributed by atoms with van der Waals surface area (Å²) >= 11 is 1.38. The van der Waals surface area contributed by atoms with Gasteiger partial charge < -0.3 is 25.7 Å². The second-order valence-corrected chi connectivity index (χ2v) is 11.5. The molecule has 4 N–H and O–H groups in total. The Morgan fingerprint density at radius 1 is 0.681 bits per heavy atom. The summed E-state index contributed by atoms with van der Waals surface area (Å²) in [5.41, 5.74) is 3.43. The third-order valence-corrected chi connectivity index (χ3v) is 8.06. The van der Waals surface area contributed by atoms with Crippen molar-refractivity contribution in [2.75, 3.05) is 16.4 Å². The van der Waals surface area contributed by atoms with Crippen molar-refractivity contribution in [1.29, 1.82) is 0 Å². The maximum absolute atomic E-state index is 13.5. The van der Waals surface area contributed by atoms with Crippen LogP contribution in [0.3, 0.4) is 0 Å². The molecule has 1 aromatic heterocycles. The zero-order valence-electron chi connectivity index (χ0n) is 25.1. The number of anilines is 2. The first-order valence-electron chi connectivity index (χ1n) is 14.8. The molecular formula is C38H30N4O4S.